The van der Waals surface area contributed by atoms with Crippen molar-refractivity contribution in [3.05, 3.63) is 35.6 Å². The van der Waals surface area contributed by atoms with Gasteiger partial charge in [-0.3, -0.25) is 4.79 Å². The number of fused-ring (bicyclic) bond motifs is 1. The molecule has 1 heterocycles. The number of rotatable bonds is 4. The summed E-state index contributed by atoms with van der Waals surface area (Å²) in [5.41, 5.74) is 1.83. The van der Waals surface area contributed by atoms with Gasteiger partial charge in [0.2, 0.25) is 0 Å². The van der Waals surface area contributed by atoms with Crippen LogP contribution in [0.2, 0.25) is 0 Å². The van der Waals surface area contributed by atoms with Crippen LogP contribution >= 0.6 is 0 Å². The molecule has 0 aliphatic heterocycles. The molecule has 0 radical (unpaired) electrons. The first-order chi connectivity index (χ1) is 8.22. The number of ether oxygens (including phenoxy) is 1. The second kappa shape index (κ2) is 5.04. The summed E-state index contributed by atoms with van der Waals surface area (Å²) < 4.78 is 10.3. The van der Waals surface area contributed by atoms with E-state index in [2.05, 4.69) is 11.7 Å². The van der Waals surface area contributed by atoms with E-state index in [1.165, 1.54) is 7.11 Å². The lowest BCUT2D eigenvalue weighted by atomic mass is 10.1. The molecule has 0 bridgehead atoms. The molecule has 0 atom stereocenters. The molecule has 0 aliphatic carbocycles. The lowest BCUT2D eigenvalue weighted by Crippen LogP contribution is -2.03. The molecule has 0 spiro atoms. The predicted molar refractivity (Wildman–Crippen MR) is 65.9 cm³/mol. The minimum atomic E-state index is -0.221. The van der Waals surface area contributed by atoms with E-state index in [0.29, 0.717) is 6.42 Å². The molecule has 2 rings (SSSR count). The molecular weight excluding hydrogens is 216 g/mol. The molecule has 0 saturated heterocycles. The number of furan rings is 1. The van der Waals surface area contributed by atoms with Gasteiger partial charge in [-0.05, 0) is 30.2 Å². The molecule has 0 N–H and O–H groups in total. The zero-order valence-electron chi connectivity index (χ0n) is 10.2. The summed E-state index contributed by atoms with van der Waals surface area (Å²) in [6.07, 6.45) is 2.32. The second-order valence-corrected chi connectivity index (χ2v) is 4.09. The predicted octanol–water partition coefficient (Wildman–Crippen LogP) is 3.10. The van der Waals surface area contributed by atoms with Crippen molar-refractivity contribution in [3.63, 3.8) is 0 Å². The van der Waals surface area contributed by atoms with Gasteiger partial charge < -0.3 is 9.15 Å². The van der Waals surface area contributed by atoms with Gasteiger partial charge in [0.05, 0.1) is 13.5 Å². The van der Waals surface area contributed by atoms with Crippen LogP contribution in [-0.4, -0.2) is 13.1 Å². The lowest BCUT2D eigenvalue weighted by Gasteiger charge is -1.99. The second-order valence-electron chi connectivity index (χ2n) is 4.09. The molecule has 90 valence electrons. The average molecular weight is 232 g/mol. The number of carbonyl (C=O) groups excluding carboxylic acids is 1. The molecule has 17 heavy (non-hydrogen) atoms. The summed E-state index contributed by atoms with van der Waals surface area (Å²) in [4.78, 5) is 11.2. The van der Waals surface area contributed by atoms with Crippen molar-refractivity contribution in [3.8, 4) is 0 Å². The first-order valence-electron chi connectivity index (χ1n) is 5.81. The molecule has 2 aromatic rings. The Bertz CT molecular complexity index is 525. The standard InChI is InChI=1S/C14H16O3/c1-3-4-12-9-11-7-10(8-14(15)16-2)5-6-13(11)17-12/h5-7,9H,3-4,8H2,1-2H3. The highest BCUT2D eigenvalue weighted by Crippen LogP contribution is 2.22. The Balaban J connectivity index is 2.26. The Morgan fingerprint density at radius 2 is 2.18 bits per heavy atom. The van der Waals surface area contributed by atoms with Crippen molar-refractivity contribution in [2.24, 2.45) is 0 Å². The van der Waals surface area contributed by atoms with Gasteiger partial charge in [-0.1, -0.05) is 13.0 Å². The number of hydrogen-bond acceptors (Lipinski definition) is 3. The van der Waals surface area contributed by atoms with Gasteiger partial charge in [-0.15, -0.1) is 0 Å². The summed E-state index contributed by atoms with van der Waals surface area (Å²) in [7, 11) is 1.40. The van der Waals surface area contributed by atoms with Crippen LogP contribution in [0.4, 0.5) is 0 Å². The van der Waals surface area contributed by atoms with Crippen molar-refractivity contribution in [1.29, 1.82) is 0 Å². The van der Waals surface area contributed by atoms with E-state index in [9.17, 15) is 4.79 Å². The van der Waals surface area contributed by atoms with E-state index < -0.39 is 0 Å². The van der Waals surface area contributed by atoms with Gasteiger partial charge in [0.15, 0.2) is 0 Å². The van der Waals surface area contributed by atoms with Crippen LogP contribution in [0, 0.1) is 0 Å². The minimum absolute atomic E-state index is 0.221. The molecule has 0 amide bonds. The Morgan fingerprint density at radius 1 is 1.35 bits per heavy atom. The molecule has 1 aromatic carbocycles. The number of esters is 1. The topological polar surface area (TPSA) is 39.4 Å². The molecule has 3 nitrogen and oxygen atoms in total. The Morgan fingerprint density at radius 3 is 2.88 bits per heavy atom. The fourth-order valence-electron chi connectivity index (χ4n) is 1.87. The van der Waals surface area contributed by atoms with Crippen LogP contribution in [0.15, 0.2) is 28.7 Å². The summed E-state index contributed by atoms with van der Waals surface area (Å²) >= 11 is 0. The van der Waals surface area contributed by atoms with Gasteiger partial charge in [0, 0.05) is 11.8 Å². The zero-order valence-corrected chi connectivity index (χ0v) is 10.2. The molecule has 3 heteroatoms. The average Bonchev–Trinajstić information content (AvgIpc) is 2.71. The fourth-order valence-corrected chi connectivity index (χ4v) is 1.87. The van der Waals surface area contributed by atoms with Gasteiger partial charge in [0.25, 0.3) is 0 Å². The van der Waals surface area contributed by atoms with Crippen LogP contribution in [0.3, 0.4) is 0 Å². The quantitative estimate of drug-likeness (QED) is 0.760. The van der Waals surface area contributed by atoms with Gasteiger partial charge in [-0.2, -0.15) is 0 Å². The summed E-state index contributed by atoms with van der Waals surface area (Å²) in [6.45, 7) is 2.12. The maximum absolute atomic E-state index is 11.2. The molecule has 1 aromatic heterocycles. The largest absolute Gasteiger partial charge is 0.469 e. The van der Waals surface area contributed by atoms with E-state index in [-0.39, 0.29) is 5.97 Å². The SMILES string of the molecule is CCCc1cc2cc(CC(=O)OC)ccc2o1. The number of aryl methyl sites for hydroxylation is 1. The maximum Gasteiger partial charge on any atom is 0.309 e. The summed E-state index contributed by atoms with van der Waals surface area (Å²) in [6, 6.07) is 7.83. The Hall–Kier alpha value is -1.77. The minimum Gasteiger partial charge on any atom is -0.469 e. The molecule has 0 fully saturated rings. The van der Waals surface area contributed by atoms with E-state index in [1.54, 1.807) is 0 Å². The van der Waals surface area contributed by atoms with Gasteiger partial charge >= 0.3 is 5.97 Å². The third-order valence-corrected chi connectivity index (χ3v) is 2.70. The van der Waals surface area contributed by atoms with Crippen molar-refractivity contribution in [2.45, 2.75) is 26.2 Å². The molecular formula is C14H16O3. The van der Waals surface area contributed by atoms with Crippen molar-refractivity contribution >= 4 is 16.9 Å². The van der Waals surface area contributed by atoms with Crippen LogP contribution in [-0.2, 0) is 22.4 Å². The molecule has 0 saturated carbocycles. The Labute approximate surface area is 100 Å². The van der Waals surface area contributed by atoms with Crippen LogP contribution < -0.4 is 0 Å². The first-order valence-corrected chi connectivity index (χ1v) is 5.81. The van der Waals surface area contributed by atoms with Crippen LogP contribution in [0.5, 0.6) is 0 Å². The number of hydrogen-bond donors (Lipinski definition) is 0. The fraction of sp³-hybridized carbons (Fsp3) is 0.357. The highest BCUT2D eigenvalue weighted by atomic mass is 16.5. The van der Waals surface area contributed by atoms with Crippen LogP contribution in [0.1, 0.15) is 24.7 Å². The normalized spacial score (nSPS) is 10.7. The maximum atomic E-state index is 11.2. The van der Waals surface area contributed by atoms with E-state index in [0.717, 1.165) is 35.1 Å². The first kappa shape index (κ1) is 11.7. The van der Waals surface area contributed by atoms with E-state index >= 15 is 0 Å². The monoisotopic (exact) mass is 232 g/mol. The zero-order chi connectivity index (χ0) is 12.3. The smallest absolute Gasteiger partial charge is 0.309 e. The highest BCUT2D eigenvalue weighted by molar-refractivity contribution is 5.81. The van der Waals surface area contributed by atoms with Crippen LogP contribution in [0.25, 0.3) is 11.0 Å². The molecule has 0 aliphatic rings. The number of benzene rings is 1. The number of carbonyl (C=O) groups is 1. The number of methoxy groups -OCH3 is 1. The van der Waals surface area contributed by atoms with Crippen molar-refractivity contribution < 1.29 is 13.9 Å². The molecule has 0 unspecified atom stereocenters. The highest BCUT2D eigenvalue weighted by Gasteiger charge is 2.07. The van der Waals surface area contributed by atoms with Crippen molar-refractivity contribution in [1.82, 2.24) is 0 Å². The lowest BCUT2D eigenvalue weighted by molar-refractivity contribution is -0.139. The van der Waals surface area contributed by atoms with Crippen molar-refractivity contribution in [2.75, 3.05) is 7.11 Å². The van der Waals surface area contributed by atoms with Gasteiger partial charge in [-0.25, -0.2) is 0 Å². The third kappa shape index (κ3) is 2.67. The summed E-state index contributed by atoms with van der Waals surface area (Å²) in [5.74, 6) is 0.777. The van der Waals surface area contributed by atoms with Gasteiger partial charge in [0.1, 0.15) is 11.3 Å². The summed E-state index contributed by atoms with van der Waals surface area (Å²) in [5, 5.41) is 1.05. The third-order valence-electron chi connectivity index (χ3n) is 2.70. The Kier molecular flexibility index (Phi) is 3.47. The van der Waals surface area contributed by atoms with E-state index in [4.69, 9.17) is 4.42 Å². The van der Waals surface area contributed by atoms with E-state index in [1.807, 2.05) is 24.3 Å².